The number of alkyl halides is 3. The van der Waals surface area contributed by atoms with Gasteiger partial charge >= 0.3 is 12.1 Å². The number of rotatable bonds is 5. The van der Waals surface area contributed by atoms with Gasteiger partial charge in [0.15, 0.2) is 0 Å². The van der Waals surface area contributed by atoms with Crippen LogP contribution in [0.1, 0.15) is 12.5 Å². The molecule has 1 aromatic rings. The Kier molecular flexibility index (Phi) is 5.42. The van der Waals surface area contributed by atoms with Gasteiger partial charge in [-0.15, -0.1) is 0 Å². The number of nitrogens with one attached hydrogen (secondary N) is 2. The van der Waals surface area contributed by atoms with Crippen LogP contribution >= 0.6 is 11.6 Å². The number of halogens is 4. The standard InChI is InChI=1S/C12H12ClF3N2O3/c1-6(19)18-10(11(20)21)5-17-7-2-3-9(13)8(4-7)12(14,15)16/h2-4,10,17H,5H2,1H3,(H,18,19)(H,20,21). The maximum Gasteiger partial charge on any atom is 0.417 e. The number of carbonyl (C=O) groups is 2. The summed E-state index contributed by atoms with van der Waals surface area (Å²) in [5.41, 5.74) is -0.983. The molecule has 0 aliphatic carbocycles. The zero-order valence-electron chi connectivity index (χ0n) is 10.8. The Hall–Kier alpha value is -1.96. The molecule has 0 aromatic heterocycles. The van der Waals surface area contributed by atoms with Crippen molar-refractivity contribution in [3.63, 3.8) is 0 Å². The second kappa shape index (κ2) is 6.66. The minimum Gasteiger partial charge on any atom is -0.480 e. The molecular formula is C12H12ClF3N2O3. The summed E-state index contributed by atoms with van der Waals surface area (Å²) in [5, 5.41) is 13.1. The minimum atomic E-state index is -4.61. The highest BCUT2D eigenvalue weighted by Gasteiger charge is 2.33. The summed E-state index contributed by atoms with van der Waals surface area (Å²) >= 11 is 5.46. The molecule has 1 amide bonds. The van der Waals surface area contributed by atoms with Crippen molar-refractivity contribution >= 4 is 29.2 Å². The van der Waals surface area contributed by atoms with Gasteiger partial charge in [0.05, 0.1) is 10.6 Å². The second-order valence-electron chi connectivity index (χ2n) is 4.16. The summed E-state index contributed by atoms with van der Waals surface area (Å²) in [4.78, 5) is 21.7. The lowest BCUT2D eigenvalue weighted by Gasteiger charge is -2.16. The molecule has 0 bridgehead atoms. The number of hydrogen-bond donors (Lipinski definition) is 3. The fourth-order valence-electron chi connectivity index (χ4n) is 1.52. The average molecular weight is 325 g/mol. The molecule has 9 heteroatoms. The van der Waals surface area contributed by atoms with E-state index in [2.05, 4.69) is 10.6 Å². The Labute approximate surface area is 123 Å². The number of carboxylic acid groups (broad SMARTS) is 1. The summed E-state index contributed by atoms with van der Waals surface area (Å²) in [6.45, 7) is 0.869. The van der Waals surface area contributed by atoms with Gasteiger partial charge in [-0.3, -0.25) is 4.79 Å². The van der Waals surface area contributed by atoms with Crippen molar-refractivity contribution in [3.05, 3.63) is 28.8 Å². The highest BCUT2D eigenvalue weighted by atomic mass is 35.5. The number of carbonyl (C=O) groups excluding carboxylic acids is 1. The molecule has 0 fully saturated rings. The van der Waals surface area contributed by atoms with E-state index < -0.39 is 34.7 Å². The molecule has 1 unspecified atom stereocenters. The third-order valence-corrected chi connectivity index (χ3v) is 2.79. The number of anilines is 1. The third-order valence-electron chi connectivity index (χ3n) is 2.46. The van der Waals surface area contributed by atoms with Crippen LogP contribution in [0.2, 0.25) is 5.02 Å². The monoisotopic (exact) mass is 324 g/mol. The van der Waals surface area contributed by atoms with Crippen molar-refractivity contribution in [2.45, 2.75) is 19.1 Å². The maximum atomic E-state index is 12.7. The molecule has 0 saturated carbocycles. The number of aliphatic carboxylic acids is 1. The first-order valence-electron chi connectivity index (χ1n) is 5.71. The van der Waals surface area contributed by atoms with E-state index in [1.807, 2.05) is 0 Å². The van der Waals surface area contributed by atoms with E-state index in [0.717, 1.165) is 19.1 Å². The Bertz CT molecular complexity index is 549. The lowest BCUT2D eigenvalue weighted by molar-refractivity contribution is -0.141. The van der Waals surface area contributed by atoms with Crippen molar-refractivity contribution in [1.82, 2.24) is 5.32 Å². The van der Waals surface area contributed by atoms with Gasteiger partial charge < -0.3 is 15.7 Å². The molecule has 0 aliphatic heterocycles. The quantitative estimate of drug-likeness (QED) is 0.777. The van der Waals surface area contributed by atoms with Crippen LogP contribution in [0.4, 0.5) is 18.9 Å². The van der Waals surface area contributed by atoms with Crippen LogP contribution in [0.15, 0.2) is 18.2 Å². The largest absolute Gasteiger partial charge is 0.480 e. The van der Waals surface area contributed by atoms with Crippen molar-refractivity contribution in [2.24, 2.45) is 0 Å². The van der Waals surface area contributed by atoms with Crippen molar-refractivity contribution in [2.75, 3.05) is 11.9 Å². The van der Waals surface area contributed by atoms with Crippen LogP contribution in [0.3, 0.4) is 0 Å². The Morgan fingerprint density at radius 2 is 2.00 bits per heavy atom. The summed E-state index contributed by atoms with van der Waals surface area (Å²) in [5.74, 6) is -1.86. The molecule has 0 radical (unpaired) electrons. The van der Waals surface area contributed by atoms with E-state index in [1.54, 1.807) is 0 Å². The Morgan fingerprint density at radius 1 is 1.38 bits per heavy atom. The number of benzene rings is 1. The third kappa shape index (κ3) is 5.14. The van der Waals surface area contributed by atoms with E-state index in [9.17, 15) is 22.8 Å². The van der Waals surface area contributed by atoms with Crippen molar-refractivity contribution in [1.29, 1.82) is 0 Å². The molecular weight excluding hydrogens is 313 g/mol. The molecule has 0 spiro atoms. The molecule has 0 saturated heterocycles. The lowest BCUT2D eigenvalue weighted by atomic mass is 10.2. The summed E-state index contributed by atoms with van der Waals surface area (Å²) in [6, 6.07) is 1.85. The highest BCUT2D eigenvalue weighted by molar-refractivity contribution is 6.31. The topological polar surface area (TPSA) is 78.4 Å². The summed E-state index contributed by atoms with van der Waals surface area (Å²) in [7, 11) is 0. The van der Waals surface area contributed by atoms with E-state index in [0.29, 0.717) is 0 Å². The molecule has 0 aliphatic rings. The van der Waals surface area contributed by atoms with Gasteiger partial charge in [-0.05, 0) is 18.2 Å². The highest BCUT2D eigenvalue weighted by Crippen LogP contribution is 2.36. The van der Waals surface area contributed by atoms with E-state index in [-0.39, 0.29) is 12.2 Å². The van der Waals surface area contributed by atoms with Gasteiger partial charge in [-0.1, -0.05) is 11.6 Å². The minimum absolute atomic E-state index is 0.0447. The van der Waals surface area contributed by atoms with Crippen LogP contribution in [-0.2, 0) is 15.8 Å². The van der Waals surface area contributed by atoms with Crippen LogP contribution in [-0.4, -0.2) is 29.6 Å². The van der Waals surface area contributed by atoms with Gasteiger partial charge in [-0.2, -0.15) is 13.2 Å². The summed E-state index contributed by atoms with van der Waals surface area (Å²) < 4.78 is 38.0. The van der Waals surface area contributed by atoms with Crippen LogP contribution in [0, 0.1) is 0 Å². The van der Waals surface area contributed by atoms with E-state index in [4.69, 9.17) is 16.7 Å². The molecule has 1 atom stereocenters. The van der Waals surface area contributed by atoms with Crippen molar-refractivity contribution in [3.8, 4) is 0 Å². The smallest absolute Gasteiger partial charge is 0.417 e. The first kappa shape index (κ1) is 17.1. The zero-order valence-corrected chi connectivity index (χ0v) is 11.5. The fourth-order valence-corrected chi connectivity index (χ4v) is 1.74. The van der Waals surface area contributed by atoms with Crippen LogP contribution in [0.5, 0.6) is 0 Å². The first-order valence-corrected chi connectivity index (χ1v) is 6.09. The molecule has 5 nitrogen and oxygen atoms in total. The first-order chi connectivity index (χ1) is 9.61. The van der Waals surface area contributed by atoms with E-state index in [1.165, 1.54) is 6.07 Å². The van der Waals surface area contributed by atoms with Gasteiger partial charge in [0.1, 0.15) is 6.04 Å². The number of amides is 1. The maximum absolute atomic E-state index is 12.7. The Balaban J connectivity index is 2.84. The molecule has 0 heterocycles. The van der Waals surface area contributed by atoms with Gasteiger partial charge in [0.25, 0.3) is 0 Å². The molecule has 116 valence electrons. The average Bonchev–Trinajstić information content (AvgIpc) is 2.33. The van der Waals surface area contributed by atoms with Gasteiger partial charge in [0, 0.05) is 19.2 Å². The lowest BCUT2D eigenvalue weighted by Crippen LogP contribution is -2.44. The fraction of sp³-hybridized carbons (Fsp3) is 0.333. The second-order valence-corrected chi connectivity index (χ2v) is 4.57. The number of hydrogen-bond acceptors (Lipinski definition) is 3. The molecule has 1 aromatic carbocycles. The molecule has 21 heavy (non-hydrogen) atoms. The van der Waals surface area contributed by atoms with Crippen LogP contribution < -0.4 is 10.6 Å². The van der Waals surface area contributed by atoms with Gasteiger partial charge in [0.2, 0.25) is 5.91 Å². The molecule has 1 rings (SSSR count). The normalized spacial score (nSPS) is 12.6. The van der Waals surface area contributed by atoms with Gasteiger partial charge in [-0.25, -0.2) is 4.79 Å². The van der Waals surface area contributed by atoms with Crippen molar-refractivity contribution < 1.29 is 27.9 Å². The Morgan fingerprint density at radius 3 is 2.48 bits per heavy atom. The SMILES string of the molecule is CC(=O)NC(CNc1ccc(Cl)c(C(F)(F)F)c1)C(=O)O. The van der Waals surface area contributed by atoms with E-state index >= 15 is 0 Å². The predicted octanol–water partition coefficient (Wildman–Crippen LogP) is 2.36. The molecule has 3 N–H and O–H groups in total. The zero-order chi connectivity index (χ0) is 16.2. The number of carboxylic acids is 1. The van der Waals surface area contributed by atoms with Crippen LogP contribution in [0.25, 0.3) is 0 Å². The predicted molar refractivity (Wildman–Crippen MR) is 70.2 cm³/mol. The summed E-state index contributed by atoms with van der Waals surface area (Å²) in [6.07, 6.45) is -4.61.